The van der Waals surface area contributed by atoms with Crippen LogP contribution in [0.2, 0.25) is 5.15 Å². The van der Waals surface area contributed by atoms with Gasteiger partial charge in [0.05, 0.1) is 0 Å². The number of hydrogen-bond donors (Lipinski definition) is 0. The largest absolute Gasteiger partial charge is 0.244 e. The lowest BCUT2D eigenvalue weighted by atomic mass is 9.77. The molecule has 1 saturated carbocycles. The minimum absolute atomic E-state index is 0.534. The van der Waals surface area contributed by atoms with Crippen molar-refractivity contribution < 1.29 is 0 Å². The Balaban J connectivity index is 2.11. The molecule has 0 bridgehead atoms. The molecule has 1 aliphatic rings. The fraction of sp³-hybridized carbons (Fsp3) is 0.286. The monoisotopic (exact) mass is 244 g/mol. The van der Waals surface area contributed by atoms with Crippen LogP contribution in [0.3, 0.4) is 0 Å². The summed E-state index contributed by atoms with van der Waals surface area (Å²) in [6.45, 7) is 0. The molecule has 0 N–H and O–H groups in total. The van der Waals surface area contributed by atoms with Crippen LogP contribution in [0.25, 0.3) is 11.1 Å². The maximum absolute atomic E-state index is 6.15. The molecule has 1 aromatic heterocycles. The van der Waals surface area contributed by atoms with E-state index in [1.54, 1.807) is 6.20 Å². The zero-order chi connectivity index (χ0) is 11.7. The molecular formula is C14H13ClN2. The smallest absolute Gasteiger partial charge is 0.140 e. The van der Waals surface area contributed by atoms with Gasteiger partial charge < -0.3 is 0 Å². The topological polar surface area (TPSA) is 25.8 Å². The average Bonchev–Trinajstić information content (AvgIpc) is 2.29. The van der Waals surface area contributed by atoms with Gasteiger partial charge in [0.15, 0.2) is 0 Å². The van der Waals surface area contributed by atoms with Gasteiger partial charge >= 0.3 is 0 Å². The summed E-state index contributed by atoms with van der Waals surface area (Å²) in [5.41, 5.74) is 3.51. The molecule has 3 rings (SSSR count). The van der Waals surface area contributed by atoms with Gasteiger partial charge in [0, 0.05) is 11.8 Å². The fourth-order valence-corrected chi connectivity index (χ4v) is 2.51. The zero-order valence-corrected chi connectivity index (χ0v) is 10.2. The minimum atomic E-state index is 0.534. The second kappa shape index (κ2) is 4.46. The van der Waals surface area contributed by atoms with Crippen molar-refractivity contribution >= 4 is 11.6 Å². The summed E-state index contributed by atoms with van der Waals surface area (Å²) >= 11 is 6.15. The minimum Gasteiger partial charge on any atom is -0.244 e. The van der Waals surface area contributed by atoms with E-state index in [1.807, 2.05) is 6.07 Å². The normalized spacial score (nSPS) is 15.6. The first-order chi connectivity index (χ1) is 8.36. The second-order valence-corrected chi connectivity index (χ2v) is 4.80. The molecule has 1 aliphatic carbocycles. The van der Waals surface area contributed by atoms with Gasteiger partial charge in [-0.05, 0) is 29.9 Å². The van der Waals surface area contributed by atoms with Crippen LogP contribution < -0.4 is 0 Å². The molecule has 2 aromatic rings. The zero-order valence-electron chi connectivity index (χ0n) is 9.44. The van der Waals surface area contributed by atoms with Crippen molar-refractivity contribution in [1.82, 2.24) is 9.97 Å². The third-order valence-electron chi connectivity index (χ3n) is 3.46. The fourth-order valence-electron chi connectivity index (χ4n) is 2.31. The summed E-state index contributed by atoms with van der Waals surface area (Å²) in [5.74, 6) is 0.683. The molecule has 0 saturated heterocycles. The van der Waals surface area contributed by atoms with E-state index in [0.29, 0.717) is 11.1 Å². The Morgan fingerprint density at radius 2 is 1.94 bits per heavy atom. The van der Waals surface area contributed by atoms with Gasteiger partial charge in [0.25, 0.3) is 0 Å². The lowest BCUT2D eigenvalue weighted by Crippen LogP contribution is -2.10. The highest BCUT2D eigenvalue weighted by atomic mass is 35.5. The van der Waals surface area contributed by atoms with Crippen LogP contribution in [-0.2, 0) is 0 Å². The molecule has 0 amide bonds. The number of hydrogen-bond acceptors (Lipinski definition) is 2. The molecule has 1 aromatic carbocycles. The van der Waals surface area contributed by atoms with E-state index in [2.05, 4.69) is 28.2 Å². The van der Waals surface area contributed by atoms with E-state index < -0.39 is 0 Å². The van der Waals surface area contributed by atoms with Gasteiger partial charge in [-0.1, -0.05) is 42.3 Å². The van der Waals surface area contributed by atoms with E-state index in [-0.39, 0.29) is 0 Å². The van der Waals surface area contributed by atoms with Gasteiger partial charge in [0.1, 0.15) is 11.5 Å². The van der Waals surface area contributed by atoms with Gasteiger partial charge in [0.2, 0.25) is 0 Å². The number of halogens is 1. The van der Waals surface area contributed by atoms with Gasteiger partial charge in [-0.2, -0.15) is 0 Å². The Hall–Kier alpha value is -1.41. The van der Waals surface area contributed by atoms with E-state index in [4.69, 9.17) is 11.6 Å². The Morgan fingerprint density at radius 1 is 1.12 bits per heavy atom. The maximum Gasteiger partial charge on any atom is 0.140 e. The van der Waals surface area contributed by atoms with E-state index in [1.165, 1.54) is 36.7 Å². The summed E-state index contributed by atoms with van der Waals surface area (Å²) in [6, 6.07) is 8.44. The van der Waals surface area contributed by atoms with Crippen LogP contribution in [0.4, 0.5) is 0 Å². The van der Waals surface area contributed by atoms with E-state index >= 15 is 0 Å². The number of rotatable bonds is 2. The van der Waals surface area contributed by atoms with Crippen LogP contribution in [0.5, 0.6) is 0 Å². The van der Waals surface area contributed by atoms with Crippen LogP contribution in [-0.4, -0.2) is 9.97 Å². The predicted octanol–water partition coefficient (Wildman–Crippen LogP) is 4.06. The van der Waals surface area contributed by atoms with Gasteiger partial charge in [-0.3, -0.25) is 0 Å². The van der Waals surface area contributed by atoms with E-state index in [9.17, 15) is 0 Å². The summed E-state index contributed by atoms with van der Waals surface area (Å²) in [6.07, 6.45) is 7.17. The first kappa shape index (κ1) is 10.7. The number of aromatic nitrogens is 2. The third-order valence-corrected chi connectivity index (χ3v) is 3.76. The molecule has 0 aliphatic heterocycles. The Morgan fingerprint density at radius 3 is 2.65 bits per heavy atom. The van der Waals surface area contributed by atoms with Crippen LogP contribution in [0.15, 0.2) is 36.8 Å². The summed E-state index contributed by atoms with van der Waals surface area (Å²) < 4.78 is 0. The quantitative estimate of drug-likeness (QED) is 0.745. The molecular weight excluding hydrogens is 232 g/mol. The molecule has 2 nitrogen and oxygen atoms in total. The SMILES string of the molecule is Clc1ncncc1-c1ccccc1C1CCC1. The lowest BCUT2D eigenvalue weighted by molar-refractivity contribution is 0.420. The van der Waals surface area contributed by atoms with Gasteiger partial charge in [-0.25, -0.2) is 9.97 Å². The molecule has 17 heavy (non-hydrogen) atoms. The summed E-state index contributed by atoms with van der Waals surface area (Å²) in [7, 11) is 0. The predicted molar refractivity (Wildman–Crippen MR) is 69.1 cm³/mol. The Labute approximate surface area is 106 Å². The molecule has 86 valence electrons. The molecule has 0 unspecified atom stereocenters. The summed E-state index contributed by atoms with van der Waals surface area (Å²) in [4.78, 5) is 8.12. The van der Waals surface area contributed by atoms with Crippen molar-refractivity contribution in [3.8, 4) is 11.1 Å². The molecule has 0 atom stereocenters. The molecule has 1 heterocycles. The summed E-state index contributed by atoms with van der Waals surface area (Å²) in [5, 5.41) is 0.534. The highest BCUT2D eigenvalue weighted by molar-refractivity contribution is 6.32. The van der Waals surface area contributed by atoms with Crippen molar-refractivity contribution in [1.29, 1.82) is 0 Å². The lowest BCUT2D eigenvalue weighted by Gasteiger charge is -2.28. The number of nitrogens with zero attached hydrogens (tertiary/aromatic N) is 2. The molecule has 0 radical (unpaired) electrons. The highest BCUT2D eigenvalue weighted by Crippen LogP contribution is 2.41. The van der Waals surface area contributed by atoms with Crippen molar-refractivity contribution in [3.05, 3.63) is 47.5 Å². The standard InChI is InChI=1S/C14H13ClN2/c15-14-13(8-16-9-17-14)12-7-2-1-6-11(12)10-4-3-5-10/h1-2,6-10H,3-5H2. The average molecular weight is 245 g/mol. The first-order valence-corrected chi connectivity index (χ1v) is 6.29. The Kier molecular flexibility index (Phi) is 2.81. The van der Waals surface area contributed by atoms with Crippen LogP contribution >= 0.6 is 11.6 Å². The van der Waals surface area contributed by atoms with Crippen LogP contribution in [0.1, 0.15) is 30.7 Å². The van der Waals surface area contributed by atoms with Crippen molar-refractivity contribution in [3.63, 3.8) is 0 Å². The van der Waals surface area contributed by atoms with Crippen molar-refractivity contribution in [2.75, 3.05) is 0 Å². The molecule has 0 spiro atoms. The van der Waals surface area contributed by atoms with Crippen molar-refractivity contribution in [2.45, 2.75) is 25.2 Å². The Bertz CT molecular complexity index is 535. The van der Waals surface area contributed by atoms with Crippen LogP contribution in [0, 0.1) is 0 Å². The number of benzene rings is 1. The van der Waals surface area contributed by atoms with Gasteiger partial charge in [-0.15, -0.1) is 0 Å². The molecule has 3 heteroatoms. The van der Waals surface area contributed by atoms with Crippen molar-refractivity contribution in [2.24, 2.45) is 0 Å². The van der Waals surface area contributed by atoms with E-state index in [0.717, 1.165) is 5.56 Å². The highest BCUT2D eigenvalue weighted by Gasteiger charge is 2.23. The molecule has 1 fully saturated rings. The first-order valence-electron chi connectivity index (χ1n) is 5.91. The maximum atomic E-state index is 6.15. The second-order valence-electron chi connectivity index (χ2n) is 4.44. The third kappa shape index (κ3) is 1.93.